The molecule has 4 aromatic rings. The standard InChI is InChI=1S/C30H22Br2N2O2/c1-19(35)33-27-15-13-23(31)17-25(27)30(22-11-7-4-8-12-22)29(33,21-9-5-3-6-10-21)26-18-24(32)14-16-28(26)34(30)20(2)36/h3-18H,1-2H3. The summed E-state index contributed by atoms with van der Waals surface area (Å²) in [5.41, 5.74) is 3.13. The monoisotopic (exact) mass is 600 g/mol. The number of fused-ring (bicyclic) bond motifs is 5. The van der Waals surface area contributed by atoms with Crippen molar-refractivity contribution >= 4 is 55.0 Å². The van der Waals surface area contributed by atoms with E-state index < -0.39 is 11.1 Å². The highest BCUT2D eigenvalue weighted by atomic mass is 79.9. The first-order chi connectivity index (χ1) is 17.3. The zero-order valence-corrected chi connectivity index (χ0v) is 22.9. The number of rotatable bonds is 2. The minimum atomic E-state index is -1.05. The molecule has 6 heteroatoms. The Hall–Kier alpha value is -3.22. The number of carbonyl (C=O) groups excluding carboxylic acids is 2. The molecule has 0 radical (unpaired) electrons. The van der Waals surface area contributed by atoms with Gasteiger partial charge in [-0.15, -0.1) is 0 Å². The topological polar surface area (TPSA) is 40.6 Å². The fourth-order valence-corrected chi connectivity index (χ4v) is 7.18. The zero-order chi connectivity index (χ0) is 25.2. The van der Waals surface area contributed by atoms with Crippen molar-refractivity contribution in [3.63, 3.8) is 0 Å². The normalized spacial score (nSPS) is 21.7. The van der Waals surface area contributed by atoms with E-state index in [9.17, 15) is 9.59 Å². The zero-order valence-electron chi connectivity index (χ0n) is 19.7. The van der Waals surface area contributed by atoms with E-state index in [4.69, 9.17) is 0 Å². The number of amides is 2. The number of benzene rings is 4. The van der Waals surface area contributed by atoms with Crippen LogP contribution in [0.5, 0.6) is 0 Å². The minimum Gasteiger partial charge on any atom is -0.295 e. The summed E-state index contributed by atoms with van der Waals surface area (Å²) in [5, 5.41) is 0. The average molecular weight is 602 g/mol. The molecule has 2 aliphatic rings. The Kier molecular flexibility index (Phi) is 5.25. The van der Waals surface area contributed by atoms with Gasteiger partial charge in [-0.05, 0) is 47.5 Å². The van der Waals surface area contributed by atoms with E-state index in [-0.39, 0.29) is 11.8 Å². The first kappa shape index (κ1) is 23.2. The number of hydrogen-bond donors (Lipinski definition) is 0. The van der Waals surface area contributed by atoms with Crippen molar-refractivity contribution in [3.8, 4) is 0 Å². The molecule has 0 aliphatic carbocycles. The second kappa shape index (κ2) is 8.15. The Balaban J connectivity index is 1.94. The summed E-state index contributed by atoms with van der Waals surface area (Å²) in [6.07, 6.45) is 0. The van der Waals surface area contributed by atoms with Crippen molar-refractivity contribution < 1.29 is 9.59 Å². The molecule has 6 rings (SSSR count). The fraction of sp³-hybridized carbons (Fsp3) is 0.133. The van der Waals surface area contributed by atoms with Gasteiger partial charge in [-0.25, -0.2) is 0 Å². The first-order valence-corrected chi connectivity index (χ1v) is 13.3. The van der Waals surface area contributed by atoms with E-state index >= 15 is 0 Å². The van der Waals surface area contributed by atoms with Crippen LogP contribution in [0.2, 0.25) is 0 Å². The van der Waals surface area contributed by atoms with Gasteiger partial charge in [0.2, 0.25) is 11.8 Å². The maximum Gasteiger partial charge on any atom is 0.225 e. The van der Waals surface area contributed by atoms with E-state index in [1.165, 1.54) is 0 Å². The summed E-state index contributed by atoms with van der Waals surface area (Å²) in [7, 11) is 0. The van der Waals surface area contributed by atoms with E-state index in [1.807, 2.05) is 70.5 Å². The molecule has 4 aromatic carbocycles. The van der Waals surface area contributed by atoms with Crippen molar-refractivity contribution in [3.05, 3.63) is 128 Å². The third kappa shape index (κ3) is 2.74. The van der Waals surface area contributed by atoms with Crippen LogP contribution in [-0.2, 0) is 20.7 Å². The molecular formula is C30H22Br2N2O2. The molecule has 2 heterocycles. The Bertz CT molecular complexity index is 1420. The van der Waals surface area contributed by atoms with Crippen LogP contribution in [0.1, 0.15) is 36.1 Å². The van der Waals surface area contributed by atoms with Gasteiger partial charge in [0, 0.05) is 33.9 Å². The van der Waals surface area contributed by atoms with Crippen LogP contribution in [0.15, 0.2) is 106 Å². The Morgan fingerprint density at radius 2 is 0.944 bits per heavy atom. The molecule has 4 nitrogen and oxygen atoms in total. The van der Waals surface area contributed by atoms with Crippen molar-refractivity contribution in [2.75, 3.05) is 9.80 Å². The van der Waals surface area contributed by atoms with E-state index in [0.29, 0.717) is 0 Å². The molecule has 2 unspecified atom stereocenters. The smallest absolute Gasteiger partial charge is 0.225 e. The highest BCUT2D eigenvalue weighted by molar-refractivity contribution is 9.10. The highest BCUT2D eigenvalue weighted by Crippen LogP contribution is 2.70. The average Bonchev–Trinajstić information content (AvgIpc) is 3.29. The summed E-state index contributed by atoms with van der Waals surface area (Å²) in [4.78, 5) is 31.3. The molecule has 178 valence electrons. The summed E-state index contributed by atoms with van der Waals surface area (Å²) in [5.74, 6) is -0.201. The lowest BCUT2D eigenvalue weighted by Gasteiger charge is -2.49. The molecule has 0 spiro atoms. The number of halogens is 2. The molecule has 0 bridgehead atoms. The van der Waals surface area contributed by atoms with Crippen molar-refractivity contribution in [2.45, 2.75) is 24.9 Å². The van der Waals surface area contributed by atoms with Crippen LogP contribution >= 0.6 is 31.9 Å². The van der Waals surface area contributed by atoms with Crippen molar-refractivity contribution in [2.24, 2.45) is 0 Å². The van der Waals surface area contributed by atoms with Crippen LogP contribution in [0.3, 0.4) is 0 Å². The molecule has 0 saturated carbocycles. The molecule has 0 saturated heterocycles. The summed E-state index contributed by atoms with van der Waals surface area (Å²) in [6, 6.07) is 32.1. The summed E-state index contributed by atoms with van der Waals surface area (Å²) in [6.45, 7) is 3.21. The van der Waals surface area contributed by atoms with Gasteiger partial charge in [-0.1, -0.05) is 92.5 Å². The molecule has 36 heavy (non-hydrogen) atoms. The molecular weight excluding hydrogens is 580 g/mol. The van der Waals surface area contributed by atoms with Crippen LogP contribution < -0.4 is 9.80 Å². The van der Waals surface area contributed by atoms with Crippen LogP contribution in [-0.4, -0.2) is 11.8 Å². The third-order valence-electron chi connectivity index (χ3n) is 7.39. The Morgan fingerprint density at radius 3 is 1.28 bits per heavy atom. The van der Waals surface area contributed by atoms with Crippen LogP contribution in [0.4, 0.5) is 11.4 Å². The SMILES string of the molecule is CC(=O)N1c2ccc(Br)cc2C2(c3ccccc3)N(C(C)=O)c3ccc(Br)cc3C12c1ccccc1. The molecule has 2 amide bonds. The predicted molar refractivity (Wildman–Crippen MR) is 149 cm³/mol. The van der Waals surface area contributed by atoms with E-state index in [2.05, 4.69) is 68.3 Å². The highest BCUT2D eigenvalue weighted by Gasteiger charge is 2.73. The maximum atomic E-state index is 13.8. The molecule has 2 atom stereocenters. The van der Waals surface area contributed by atoms with Gasteiger partial charge in [0.25, 0.3) is 0 Å². The number of hydrogen-bond acceptors (Lipinski definition) is 2. The third-order valence-corrected chi connectivity index (χ3v) is 8.37. The lowest BCUT2D eigenvalue weighted by molar-refractivity contribution is -0.119. The summed E-state index contributed by atoms with van der Waals surface area (Å²) < 4.78 is 1.76. The maximum absolute atomic E-state index is 13.8. The quantitative estimate of drug-likeness (QED) is 0.245. The molecule has 0 N–H and O–H groups in total. The first-order valence-electron chi connectivity index (χ1n) is 11.7. The molecule has 2 aliphatic heterocycles. The van der Waals surface area contributed by atoms with Gasteiger partial charge in [-0.3, -0.25) is 19.4 Å². The van der Waals surface area contributed by atoms with Gasteiger partial charge in [-0.2, -0.15) is 0 Å². The Morgan fingerprint density at radius 1 is 0.583 bits per heavy atom. The van der Waals surface area contributed by atoms with E-state index in [1.54, 1.807) is 13.8 Å². The van der Waals surface area contributed by atoms with Gasteiger partial charge in [0.05, 0.1) is 11.4 Å². The number of nitrogens with zero attached hydrogens (tertiary/aromatic N) is 2. The van der Waals surface area contributed by atoms with E-state index in [0.717, 1.165) is 42.6 Å². The second-order valence-electron chi connectivity index (χ2n) is 9.18. The van der Waals surface area contributed by atoms with Crippen LogP contribution in [0.25, 0.3) is 0 Å². The summed E-state index contributed by atoms with van der Waals surface area (Å²) >= 11 is 7.36. The fourth-order valence-electron chi connectivity index (χ4n) is 6.46. The molecule has 0 fully saturated rings. The molecule has 0 aromatic heterocycles. The second-order valence-corrected chi connectivity index (χ2v) is 11.0. The van der Waals surface area contributed by atoms with Crippen molar-refractivity contribution in [1.82, 2.24) is 0 Å². The number of anilines is 2. The van der Waals surface area contributed by atoms with Gasteiger partial charge in [0.15, 0.2) is 0 Å². The lowest BCUT2D eigenvalue weighted by Crippen LogP contribution is -2.62. The van der Waals surface area contributed by atoms with Crippen LogP contribution in [0, 0.1) is 0 Å². The number of carbonyl (C=O) groups is 2. The lowest BCUT2D eigenvalue weighted by atomic mass is 9.65. The predicted octanol–water partition coefficient (Wildman–Crippen LogP) is 7.13. The Labute approximate surface area is 226 Å². The minimum absolute atomic E-state index is 0.100. The van der Waals surface area contributed by atoms with Gasteiger partial charge in [0.1, 0.15) is 11.1 Å². The largest absolute Gasteiger partial charge is 0.295 e. The van der Waals surface area contributed by atoms with Gasteiger partial charge < -0.3 is 0 Å². The van der Waals surface area contributed by atoms with Crippen molar-refractivity contribution in [1.29, 1.82) is 0 Å². The van der Waals surface area contributed by atoms with Gasteiger partial charge >= 0.3 is 0 Å².